The van der Waals surface area contributed by atoms with Crippen molar-refractivity contribution in [3.63, 3.8) is 0 Å². The quantitative estimate of drug-likeness (QED) is 0.747. The Kier molecular flexibility index (Phi) is 4.93. The maximum absolute atomic E-state index is 12.0. The van der Waals surface area contributed by atoms with Crippen LogP contribution in [-0.4, -0.2) is 40.5 Å². The minimum absolute atomic E-state index is 0.0119. The van der Waals surface area contributed by atoms with Gasteiger partial charge in [0.2, 0.25) is 5.91 Å². The number of carboxylic acids is 1. The van der Waals surface area contributed by atoms with Crippen molar-refractivity contribution in [3.05, 3.63) is 0 Å². The standard InChI is InChI=1S/C12H22N2O3/c1-3-4-9(13)7-11(15)14-6-5-10(8(14)2)12(16)17/h8-10H,3-7,13H2,1-2H3,(H,16,17). The average molecular weight is 242 g/mol. The van der Waals surface area contributed by atoms with E-state index in [0.717, 1.165) is 12.8 Å². The van der Waals surface area contributed by atoms with E-state index < -0.39 is 11.9 Å². The van der Waals surface area contributed by atoms with Crippen LogP contribution in [0.3, 0.4) is 0 Å². The lowest BCUT2D eigenvalue weighted by molar-refractivity contribution is -0.143. The summed E-state index contributed by atoms with van der Waals surface area (Å²) >= 11 is 0. The molecule has 0 aromatic rings. The molecule has 3 unspecified atom stereocenters. The molecule has 3 atom stereocenters. The number of carbonyl (C=O) groups is 2. The Morgan fingerprint density at radius 1 is 1.53 bits per heavy atom. The van der Waals surface area contributed by atoms with E-state index in [1.807, 2.05) is 6.92 Å². The van der Waals surface area contributed by atoms with Crippen LogP contribution in [0.2, 0.25) is 0 Å². The zero-order valence-electron chi connectivity index (χ0n) is 10.6. The van der Waals surface area contributed by atoms with Crippen molar-refractivity contribution in [2.45, 2.75) is 51.6 Å². The SMILES string of the molecule is CCCC(N)CC(=O)N1CCC(C(=O)O)C1C. The Morgan fingerprint density at radius 2 is 2.18 bits per heavy atom. The monoisotopic (exact) mass is 242 g/mol. The van der Waals surface area contributed by atoms with Gasteiger partial charge in [0.25, 0.3) is 0 Å². The largest absolute Gasteiger partial charge is 0.481 e. The van der Waals surface area contributed by atoms with E-state index in [0.29, 0.717) is 19.4 Å². The van der Waals surface area contributed by atoms with Gasteiger partial charge in [-0.05, 0) is 19.8 Å². The van der Waals surface area contributed by atoms with Crippen molar-refractivity contribution in [2.24, 2.45) is 11.7 Å². The first-order valence-electron chi connectivity index (χ1n) is 6.25. The third-order valence-corrected chi connectivity index (χ3v) is 3.49. The summed E-state index contributed by atoms with van der Waals surface area (Å²) in [5, 5.41) is 8.99. The second-order valence-corrected chi connectivity index (χ2v) is 4.81. The highest BCUT2D eigenvalue weighted by molar-refractivity contribution is 5.79. The molecule has 0 aliphatic carbocycles. The van der Waals surface area contributed by atoms with Crippen LogP contribution in [0.15, 0.2) is 0 Å². The van der Waals surface area contributed by atoms with E-state index in [1.165, 1.54) is 0 Å². The van der Waals surface area contributed by atoms with Crippen LogP contribution in [0.5, 0.6) is 0 Å². The van der Waals surface area contributed by atoms with Crippen LogP contribution < -0.4 is 5.73 Å². The minimum atomic E-state index is -0.814. The molecule has 5 nitrogen and oxygen atoms in total. The van der Waals surface area contributed by atoms with Crippen molar-refractivity contribution in [3.8, 4) is 0 Å². The number of nitrogens with two attached hydrogens (primary N) is 1. The third-order valence-electron chi connectivity index (χ3n) is 3.49. The van der Waals surface area contributed by atoms with Gasteiger partial charge < -0.3 is 15.7 Å². The molecule has 3 N–H and O–H groups in total. The molecule has 1 saturated heterocycles. The summed E-state index contributed by atoms with van der Waals surface area (Å²) in [6.07, 6.45) is 2.66. The van der Waals surface area contributed by atoms with Gasteiger partial charge in [0.05, 0.1) is 5.92 Å². The number of aliphatic carboxylic acids is 1. The Labute approximate surface area is 102 Å². The fraction of sp³-hybridized carbons (Fsp3) is 0.833. The lowest BCUT2D eigenvalue weighted by Gasteiger charge is -2.24. The summed E-state index contributed by atoms with van der Waals surface area (Å²) in [6.45, 7) is 4.37. The molecular weight excluding hydrogens is 220 g/mol. The summed E-state index contributed by atoms with van der Waals surface area (Å²) in [7, 11) is 0. The van der Waals surface area contributed by atoms with E-state index >= 15 is 0 Å². The number of hydrogen-bond acceptors (Lipinski definition) is 3. The molecular formula is C12H22N2O3. The zero-order valence-corrected chi connectivity index (χ0v) is 10.6. The molecule has 0 spiro atoms. The molecule has 0 aromatic carbocycles. The molecule has 1 rings (SSSR count). The Balaban J connectivity index is 2.51. The second-order valence-electron chi connectivity index (χ2n) is 4.81. The van der Waals surface area contributed by atoms with Crippen molar-refractivity contribution < 1.29 is 14.7 Å². The number of carboxylic acid groups (broad SMARTS) is 1. The fourth-order valence-corrected chi connectivity index (χ4v) is 2.44. The number of nitrogens with zero attached hydrogens (tertiary/aromatic N) is 1. The van der Waals surface area contributed by atoms with E-state index in [4.69, 9.17) is 10.8 Å². The molecule has 17 heavy (non-hydrogen) atoms. The Hall–Kier alpha value is -1.10. The van der Waals surface area contributed by atoms with Gasteiger partial charge in [0.15, 0.2) is 0 Å². The van der Waals surface area contributed by atoms with Gasteiger partial charge in [0, 0.05) is 25.0 Å². The summed E-state index contributed by atoms with van der Waals surface area (Å²) in [6, 6.07) is -0.322. The summed E-state index contributed by atoms with van der Waals surface area (Å²) in [5.41, 5.74) is 5.83. The summed E-state index contributed by atoms with van der Waals surface area (Å²) in [5.74, 6) is -1.26. The predicted octanol–water partition coefficient (Wildman–Crippen LogP) is 0.826. The molecule has 5 heteroatoms. The van der Waals surface area contributed by atoms with E-state index in [-0.39, 0.29) is 18.0 Å². The molecule has 1 amide bonds. The van der Waals surface area contributed by atoms with Crippen molar-refractivity contribution in [1.29, 1.82) is 0 Å². The van der Waals surface area contributed by atoms with Crippen LogP contribution in [0.1, 0.15) is 39.5 Å². The summed E-state index contributed by atoms with van der Waals surface area (Å²) in [4.78, 5) is 24.6. The second kappa shape index (κ2) is 6.00. The Morgan fingerprint density at radius 3 is 2.65 bits per heavy atom. The highest BCUT2D eigenvalue weighted by Crippen LogP contribution is 2.25. The lowest BCUT2D eigenvalue weighted by Crippen LogP contribution is -2.40. The molecule has 1 heterocycles. The maximum Gasteiger partial charge on any atom is 0.308 e. The molecule has 98 valence electrons. The smallest absolute Gasteiger partial charge is 0.308 e. The number of rotatable bonds is 5. The summed E-state index contributed by atoms with van der Waals surface area (Å²) < 4.78 is 0. The van der Waals surface area contributed by atoms with Gasteiger partial charge in [-0.15, -0.1) is 0 Å². The van der Waals surface area contributed by atoms with Crippen LogP contribution in [0, 0.1) is 5.92 Å². The van der Waals surface area contributed by atoms with E-state index in [2.05, 4.69) is 0 Å². The molecule has 0 radical (unpaired) electrons. The normalized spacial score (nSPS) is 25.9. The molecule has 1 aliphatic rings. The van der Waals surface area contributed by atoms with Crippen LogP contribution in [0.25, 0.3) is 0 Å². The third kappa shape index (κ3) is 3.43. The van der Waals surface area contributed by atoms with Crippen LogP contribution in [-0.2, 0) is 9.59 Å². The molecule has 0 saturated carbocycles. The highest BCUT2D eigenvalue weighted by atomic mass is 16.4. The first kappa shape index (κ1) is 14.0. The predicted molar refractivity (Wildman–Crippen MR) is 64.4 cm³/mol. The molecule has 0 aromatic heterocycles. The van der Waals surface area contributed by atoms with Gasteiger partial charge in [-0.1, -0.05) is 13.3 Å². The van der Waals surface area contributed by atoms with Gasteiger partial charge in [-0.25, -0.2) is 0 Å². The minimum Gasteiger partial charge on any atom is -0.481 e. The van der Waals surface area contributed by atoms with E-state index in [1.54, 1.807) is 11.8 Å². The van der Waals surface area contributed by atoms with Crippen molar-refractivity contribution in [1.82, 2.24) is 4.90 Å². The van der Waals surface area contributed by atoms with E-state index in [9.17, 15) is 9.59 Å². The maximum atomic E-state index is 12.0. The fourth-order valence-electron chi connectivity index (χ4n) is 2.44. The number of hydrogen-bond donors (Lipinski definition) is 2. The van der Waals surface area contributed by atoms with Gasteiger partial charge >= 0.3 is 5.97 Å². The first-order valence-corrected chi connectivity index (χ1v) is 6.25. The number of carbonyl (C=O) groups excluding carboxylic acids is 1. The number of amides is 1. The lowest BCUT2D eigenvalue weighted by atomic mass is 10.0. The van der Waals surface area contributed by atoms with Crippen molar-refractivity contribution >= 4 is 11.9 Å². The van der Waals surface area contributed by atoms with Crippen LogP contribution >= 0.6 is 0 Å². The van der Waals surface area contributed by atoms with Crippen molar-refractivity contribution in [2.75, 3.05) is 6.54 Å². The number of likely N-dealkylation sites (tertiary alicyclic amines) is 1. The molecule has 0 bridgehead atoms. The van der Waals surface area contributed by atoms with Crippen LogP contribution in [0.4, 0.5) is 0 Å². The average Bonchev–Trinajstić information content (AvgIpc) is 2.60. The molecule has 1 aliphatic heterocycles. The first-order chi connectivity index (χ1) is 7.97. The Bertz CT molecular complexity index is 293. The van der Waals surface area contributed by atoms with Gasteiger partial charge in [0.1, 0.15) is 0 Å². The zero-order chi connectivity index (χ0) is 13.0. The van der Waals surface area contributed by atoms with Gasteiger partial charge in [-0.3, -0.25) is 9.59 Å². The molecule has 1 fully saturated rings. The topological polar surface area (TPSA) is 83.6 Å². The van der Waals surface area contributed by atoms with Gasteiger partial charge in [-0.2, -0.15) is 0 Å². The highest BCUT2D eigenvalue weighted by Gasteiger charge is 2.38.